The standard InChI is InChI=1S/C32H29FN2O5/c1-2-3-12-24(32(39)40-17-25(36)34-19-15-13-18(33)14-16-19)35-30(37)28-26-20-8-4-5-9-21(20)27(29(28)31(35)38)23-11-7-6-10-22(23)26/h4-11,13-16,24,26-29H,2-3,12,17H2,1H3,(H,34,36)/t24-,26?,27?,28-,29+/m0/s1. The number of hydrogen-bond donors (Lipinski definition) is 1. The van der Waals surface area contributed by atoms with Crippen LogP contribution in [0.3, 0.4) is 0 Å². The van der Waals surface area contributed by atoms with Gasteiger partial charge in [0.1, 0.15) is 11.9 Å². The van der Waals surface area contributed by atoms with Gasteiger partial charge in [-0.3, -0.25) is 19.3 Å². The Morgan fingerprint density at radius 2 is 1.35 bits per heavy atom. The number of halogens is 1. The molecule has 1 fully saturated rings. The van der Waals surface area contributed by atoms with E-state index in [4.69, 9.17) is 4.74 Å². The van der Waals surface area contributed by atoms with Crippen LogP contribution in [0.2, 0.25) is 0 Å². The molecular formula is C32H29FN2O5. The van der Waals surface area contributed by atoms with E-state index < -0.39 is 42.2 Å². The summed E-state index contributed by atoms with van der Waals surface area (Å²) in [5.74, 6) is -4.28. The van der Waals surface area contributed by atoms with Crippen molar-refractivity contribution in [3.63, 3.8) is 0 Å². The van der Waals surface area contributed by atoms with E-state index in [1.54, 1.807) is 0 Å². The van der Waals surface area contributed by atoms with Crippen molar-refractivity contribution in [1.29, 1.82) is 0 Å². The second-order valence-corrected chi connectivity index (χ2v) is 10.6. The molecule has 7 nitrogen and oxygen atoms in total. The Morgan fingerprint density at radius 1 is 0.850 bits per heavy atom. The zero-order valence-corrected chi connectivity index (χ0v) is 22.0. The molecule has 1 aliphatic heterocycles. The molecule has 3 aliphatic carbocycles. The number of hydrogen-bond acceptors (Lipinski definition) is 5. The van der Waals surface area contributed by atoms with Crippen LogP contribution in [0.5, 0.6) is 0 Å². The lowest BCUT2D eigenvalue weighted by atomic mass is 9.55. The molecule has 3 aromatic rings. The monoisotopic (exact) mass is 540 g/mol. The molecule has 0 radical (unpaired) electrons. The molecular weight excluding hydrogens is 511 g/mol. The van der Waals surface area contributed by atoms with Crippen LogP contribution in [0.25, 0.3) is 0 Å². The number of anilines is 1. The number of unbranched alkanes of at least 4 members (excludes halogenated alkanes) is 1. The molecule has 0 saturated carbocycles. The molecule has 0 aromatic heterocycles. The summed E-state index contributed by atoms with van der Waals surface area (Å²) >= 11 is 0. The minimum atomic E-state index is -1.12. The Balaban J connectivity index is 1.26. The number of amides is 3. The van der Waals surface area contributed by atoms with Crippen LogP contribution >= 0.6 is 0 Å². The summed E-state index contributed by atoms with van der Waals surface area (Å²) in [4.78, 5) is 55.0. The highest BCUT2D eigenvalue weighted by molar-refractivity contribution is 6.10. The van der Waals surface area contributed by atoms with Crippen molar-refractivity contribution < 1.29 is 28.3 Å². The SMILES string of the molecule is CCCC[C@@H](C(=O)OCC(=O)Nc1ccc(F)cc1)N1C(=O)[C@@H]2C3c4ccccc4C(c4ccccc43)[C@@H]2C1=O. The Kier molecular flexibility index (Phi) is 6.70. The van der Waals surface area contributed by atoms with Gasteiger partial charge < -0.3 is 10.1 Å². The molecule has 3 atom stereocenters. The predicted octanol–water partition coefficient (Wildman–Crippen LogP) is 4.76. The van der Waals surface area contributed by atoms with Gasteiger partial charge in [-0.05, 0) is 52.9 Å². The number of likely N-dealkylation sites (tertiary alicyclic amines) is 1. The Hall–Kier alpha value is -4.33. The molecule has 204 valence electrons. The fraction of sp³-hybridized carbons (Fsp3) is 0.312. The van der Waals surface area contributed by atoms with Crippen LogP contribution in [-0.2, 0) is 23.9 Å². The highest BCUT2D eigenvalue weighted by Crippen LogP contribution is 2.61. The summed E-state index contributed by atoms with van der Waals surface area (Å²) in [6, 6.07) is 20.0. The topological polar surface area (TPSA) is 92.8 Å². The van der Waals surface area contributed by atoms with E-state index in [-0.39, 0.29) is 30.1 Å². The van der Waals surface area contributed by atoms with E-state index in [2.05, 4.69) is 5.32 Å². The summed E-state index contributed by atoms with van der Waals surface area (Å²) < 4.78 is 18.5. The van der Waals surface area contributed by atoms with Gasteiger partial charge in [-0.1, -0.05) is 68.3 Å². The first-order valence-corrected chi connectivity index (χ1v) is 13.7. The van der Waals surface area contributed by atoms with Crippen LogP contribution in [-0.4, -0.2) is 41.2 Å². The smallest absolute Gasteiger partial charge is 0.329 e. The number of carbonyl (C=O) groups is 4. The van der Waals surface area contributed by atoms with Crippen LogP contribution in [0.15, 0.2) is 72.8 Å². The van der Waals surface area contributed by atoms with Crippen molar-refractivity contribution in [3.05, 3.63) is 101 Å². The van der Waals surface area contributed by atoms with E-state index >= 15 is 0 Å². The lowest BCUT2D eigenvalue weighted by Gasteiger charge is -2.45. The molecule has 0 spiro atoms. The van der Waals surface area contributed by atoms with Gasteiger partial charge >= 0.3 is 5.97 Å². The number of nitrogens with one attached hydrogen (secondary N) is 1. The molecule has 3 aromatic carbocycles. The molecule has 1 N–H and O–H groups in total. The molecule has 1 heterocycles. The number of ether oxygens (including phenoxy) is 1. The first kappa shape index (κ1) is 25.9. The first-order valence-electron chi connectivity index (χ1n) is 13.7. The van der Waals surface area contributed by atoms with Crippen molar-refractivity contribution in [3.8, 4) is 0 Å². The van der Waals surface area contributed by atoms with E-state index in [0.717, 1.165) is 33.6 Å². The molecule has 2 bridgehead atoms. The molecule has 40 heavy (non-hydrogen) atoms. The van der Waals surface area contributed by atoms with Gasteiger partial charge in [0, 0.05) is 17.5 Å². The highest BCUT2D eigenvalue weighted by atomic mass is 19.1. The Labute approximate surface area is 231 Å². The normalized spacial score (nSPS) is 22.8. The van der Waals surface area contributed by atoms with E-state index in [1.807, 2.05) is 55.5 Å². The highest BCUT2D eigenvalue weighted by Gasteiger charge is 2.63. The third-order valence-electron chi connectivity index (χ3n) is 8.37. The molecule has 3 amide bonds. The number of imide groups is 1. The Morgan fingerprint density at radius 3 is 1.82 bits per heavy atom. The maximum atomic E-state index is 14.1. The van der Waals surface area contributed by atoms with Crippen molar-refractivity contribution in [1.82, 2.24) is 4.90 Å². The molecule has 7 rings (SSSR count). The van der Waals surface area contributed by atoms with Crippen molar-refractivity contribution in [2.75, 3.05) is 11.9 Å². The minimum Gasteiger partial charge on any atom is -0.454 e. The third kappa shape index (κ3) is 4.18. The fourth-order valence-corrected chi connectivity index (χ4v) is 6.72. The quantitative estimate of drug-likeness (QED) is 0.329. The van der Waals surface area contributed by atoms with E-state index in [9.17, 15) is 23.6 Å². The third-order valence-corrected chi connectivity index (χ3v) is 8.37. The zero-order valence-electron chi connectivity index (χ0n) is 22.0. The van der Waals surface area contributed by atoms with Crippen LogP contribution in [0, 0.1) is 17.7 Å². The molecule has 4 aliphatic rings. The zero-order chi connectivity index (χ0) is 28.0. The maximum Gasteiger partial charge on any atom is 0.329 e. The summed E-state index contributed by atoms with van der Waals surface area (Å²) in [7, 11) is 0. The Bertz CT molecular complexity index is 1390. The van der Waals surface area contributed by atoms with Gasteiger partial charge in [0.15, 0.2) is 6.61 Å². The van der Waals surface area contributed by atoms with Crippen LogP contribution in [0.4, 0.5) is 10.1 Å². The average molecular weight is 541 g/mol. The summed E-state index contributed by atoms with van der Waals surface area (Å²) in [5.41, 5.74) is 4.58. The van der Waals surface area contributed by atoms with Crippen molar-refractivity contribution >= 4 is 29.4 Å². The van der Waals surface area contributed by atoms with Gasteiger partial charge in [-0.25, -0.2) is 9.18 Å². The summed E-state index contributed by atoms with van der Waals surface area (Å²) in [6.45, 7) is 1.36. The van der Waals surface area contributed by atoms with Gasteiger partial charge in [-0.2, -0.15) is 0 Å². The predicted molar refractivity (Wildman–Crippen MR) is 145 cm³/mol. The minimum absolute atomic E-state index is 0.251. The summed E-state index contributed by atoms with van der Waals surface area (Å²) in [5, 5.41) is 2.54. The molecule has 0 unspecified atom stereocenters. The number of rotatable bonds is 8. The van der Waals surface area contributed by atoms with Gasteiger partial charge in [0.25, 0.3) is 5.91 Å². The van der Waals surface area contributed by atoms with E-state index in [1.165, 1.54) is 24.3 Å². The number of benzene rings is 3. The van der Waals surface area contributed by atoms with Gasteiger partial charge in [0.2, 0.25) is 11.8 Å². The van der Waals surface area contributed by atoms with Crippen molar-refractivity contribution in [2.45, 2.75) is 44.1 Å². The lowest BCUT2D eigenvalue weighted by Crippen LogP contribution is -2.47. The van der Waals surface area contributed by atoms with Gasteiger partial charge in [0.05, 0.1) is 11.8 Å². The fourth-order valence-electron chi connectivity index (χ4n) is 6.72. The number of nitrogens with zero attached hydrogens (tertiary/aromatic N) is 1. The second-order valence-electron chi connectivity index (χ2n) is 10.6. The van der Waals surface area contributed by atoms with Gasteiger partial charge in [-0.15, -0.1) is 0 Å². The molecule has 1 saturated heterocycles. The lowest BCUT2D eigenvalue weighted by molar-refractivity contribution is -0.160. The van der Waals surface area contributed by atoms with Crippen LogP contribution in [0.1, 0.15) is 60.3 Å². The number of esters is 1. The number of carbonyl (C=O) groups excluding carboxylic acids is 4. The van der Waals surface area contributed by atoms with E-state index in [0.29, 0.717) is 12.1 Å². The second kappa shape index (κ2) is 10.3. The molecule has 8 heteroatoms. The summed E-state index contributed by atoms with van der Waals surface area (Å²) in [6.07, 6.45) is 1.60. The van der Waals surface area contributed by atoms with Crippen LogP contribution < -0.4 is 5.32 Å². The van der Waals surface area contributed by atoms with Crippen molar-refractivity contribution in [2.24, 2.45) is 11.8 Å². The largest absolute Gasteiger partial charge is 0.454 e. The average Bonchev–Trinajstić information content (AvgIpc) is 3.23. The maximum absolute atomic E-state index is 14.1. The first-order chi connectivity index (χ1) is 19.4.